The standard InChI is InChI=1S/C52H84O5P2S4/c1-5-9-11-13-15-17-19-21-23-25-27-29-31-33-35-37-43-45(39-41-55-58-53)60-49-47(43)62-52-50-48(63-51(49)52)44(46(61-50)40-42-59(54,56-7-3)57-8-4)38-36-34-32-30-28-26-24-22-20-18-16-14-12-10-6-2/h39-42H,5-38H2,1-4H3/b41-39+,42-40+. The maximum absolute atomic E-state index is 13.5. The minimum atomic E-state index is -3.31. The van der Waals surface area contributed by atoms with E-state index in [1.54, 1.807) is 12.1 Å². The van der Waals surface area contributed by atoms with E-state index in [9.17, 15) is 9.13 Å². The summed E-state index contributed by atoms with van der Waals surface area (Å²) in [5.74, 6) is 1.70. The van der Waals surface area contributed by atoms with Crippen molar-refractivity contribution in [3.8, 4) is 0 Å². The van der Waals surface area contributed by atoms with E-state index in [0.29, 0.717) is 13.2 Å². The molecule has 0 saturated carbocycles. The first kappa shape index (κ1) is 54.7. The Kier molecular flexibility index (Phi) is 29.1. The molecule has 0 aliphatic carbocycles. The third-order valence-electron chi connectivity index (χ3n) is 12.4. The molecule has 0 bridgehead atoms. The molecule has 0 N–H and O–H groups in total. The predicted molar refractivity (Wildman–Crippen MR) is 285 cm³/mol. The number of unbranched alkanes of at least 4 members (excludes halogenated alkanes) is 28. The Morgan fingerprint density at radius 1 is 0.429 bits per heavy atom. The first-order valence-corrected chi connectivity index (χ1v) is 31.3. The van der Waals surface area contributed by atoms with Gasteiger partial charge >= 0.3 is 16.3 Å². The second-order valence-corrected chi connectivity index (χ2v) is 24.0. The summed E-state index contributed by atoms with van der Waals surface area (Å²) in [6.07, 6.45) is 48.6. The second kappa shape index (κ2) is 33.6. The zero-order valence-electron chi connectivity index (χ0n) is 39.9. The molecule has 4 heterocycles. The summed E-state index contributed by atoms with van der Waals surface area (Å²) in [6.45, 7) is 9.02. The fraction of sp³-hybridized carbons (Fsp3) is 0.731. The van der Waals surface area contributed by atoms with Gasteiger partial charge in [-0.3, -0.25) is 4.57 Å². The molecule has 4 rings (SSSR count). The van der Waals surface area contributed by atoms with Crippen LogP contribution in [0.25, 0.3) is 40.4 Å². The molecule has 11 heteroatoms. The maximum atomic E-state index is 13.5. The van der Waals surface area contributed by atoms with E-state index in [0.717, 1.165) is 19.3 Å². The molecule has 63 heavy (non-hydrogen) atoms. The summed E-state index contributed by atoms with van der Waals surface area (Å²) in [5, 5.41) is 0. The van der Waals surface area contributed by atoms with Crippen LogP contribution in [-0.2, 0) is 35.5 Å². The van der Waals surface area contributed by atoms with Crippen LogP contribution in [0.3, 0.4) is 0 Å². The molecule has 0 fully saturated rings. The largest absolute Gasteiger partial charge is 0.416 e. The van der Waals surface area contributed by atoms with Gasteiger partial charge in [0.1, 0.15) is 0 Å². The lowest BCUT2D eigenvalue weighted by Gasteiger charge is -2.12. The minimum absolute atomic E-state index is 0.321. The fourth-order valence-electron chi connectivity index (χ4n) is 8.89. The number of thiophene rings is 4. The molecule has 0 aliphatic rings. The first-order valence-electron chi connectivity index (χ1n) is 25.6. The van der Waals surface area contributed by atoms with E-state index in [2.05, 4.69) is 13.8 Å². The molecule has 0 aromatic carbocycles. The Labute approximate surface area is 401 Å². The summed E-state index contributed by atoms with van der Waals surface area (Å²) in [4.78, 5) is 2.42. The number of fused-ring (bicyclic) bond motifs is 5. The van der Waals surface area contributed by atoms with E-state index in [4.69, 9.17) is 13.6 Å². The lowest BCUT2D eigenvalue weighted by Crippen LogP contribution is -1.92. The van der Waals surface area contributed by atoms with E-state index in [-0.39, 0.29) is 8.69 Å². The first-order chi connectivity index (χ1) is 31.0. The highest BCUT2D eigenvalue weighted by atomic mass is 32.1. The average molecular weight is 979 g/mol. The molecule has 5 nitrogen and oxygen atoms in total. The molecule has 0 radical (unpaired) electrons. The molecule has 0 spiro atoms. The van der Waals surface area contributed by atoms with Gasteiger partial charge in [-0.05, 0) is 62.8 Å². The molecule has 0 aliphatic heterocycles. The molecule has 0 atom stereocenters. The predicted octanol–water partition coefficient (Wildman–Crippen LogP) is 21.7. The highest BCUT2D eigenvalue weighted by Crippen LogP contribution is 2.55. The second-order valence-electron chi connectivity index (χ2n) is 17.6. The van der Waals surface area contributed by atoms with Crippen molar-refractivity contribution < 1.29 is 22.7 Å². The van der Waals surface area contributed by atoms with Crippen LogP contribution in [-0.4, -0.2) is 13.2 Å². The van der Waals surface area contributed by atoms with Gasteiger partial charge in [-0.1, -0.05) is 194 Å². The lowest BCUT2D eigenvalue weighted by molar-refractivity contribution is 0.229. The lowest BCUT2D eigenvalue weighted by atomic mass is 10.0. The van der Waals surface area contributed by atoms with Gasteiger partial charge in [0.15, 0.2) is 0 Å². The summed E-state index contributed by atoms with van der Waals surface area (Å²) in [6, 6.07) is 0. The Balaban J connectivity index is 1.37. The molecular formula is C52H84O5P2S4. The summed E-state index contributed by atoms with van der Waals surface area (Å²) < 4.78 is 49.4. The average Bonchev–Trinajstić information content (AvgIpc) is 4.00. The van der Waals surface area contributed by atoms with Gasteiger partial charge in [0, 0.05) is 15.6 Å². The van der Waals surface area contributed by atoms with Crippen LogP contribution < -0.4 is 0 Å². The molecule has 4 aromatic heterocycles. The van der Waals surface area contributed by atoms with Crippen molar-refractivity contribution in [1.82, 2.24) is 0 Å². The Bertz CT molecular complexity index is 1910. The van der Waals surface area contributed by atoms with E-state index >= 15 is 0 Å². The van der Waals surface area contributed by atoms with Crippen LogP contribution in [0.15, 0.2) is 12.1 Å². The van der Waals surface area contributed by atoms with Crippen LogP contribution in [0.1, 0.15) is 241 Å². The van der Waals surface area contributed by atoms with Crippen LogP contribution in [0.2, 0.25) is 0 Å². The van der Waals surface area contributed by atoms with Crippen LogP contribution in [0, 0.1) is 0 Å². The summed E-state index contributed by atoms with van der Waals surface area (Å²) in [5.41, 5.74) is 2.80. The van der Waals surface area contributed by atoms with Crippen molar-refractivity contribution in [2.75, 3.05) is 13.2 Å². The van der Waals surface area contributed by atoms with Gasteiger partial charge in [-0.15, -0.1) is 45.3 Å². The maximum Gasteiger partial charge on any atom is 0.395 e. The number of hydrogen-bond donors (Lipinski definition) is 0. The number of rotatable bonds is 41. The van der Waals surface area contributed by atoms with Gasteiger partial charge in [0.25, 0.3) is 0 Å². The molecule has 0 unspecified atom stereocenters. The van der Waals surface area contributed by atoms with Gasteiger partial charge in [0.2, 0.25) is 0 Å². The van der Waals surface area contributed by atoms with Crippen molar-refractivity contribution in [3.05, 3.63) is 33.0 Å². The third kappa shape index (κ3) is 19.7. The van der Waals surface area contributed by atoms with Crippen molar-refractivity contribution in [3.63, 3.8) is 0 Å². The minimum Gasteiger partial charge on any atom is -0.416 e. The Morgan fingerprint density at radius 2 is 0.746 bits per heavy atom. The number of aryl methyl sites for hydroxylation is 2. The molecule has 0 saturated heterocycles. The fourth-order valence-corrected chi connectivity index (χ4v) is 16.5. The number of hydrogen-bond acceptors (Lipinski definition) is 9. The van der Waals surface area contributed by atoms with Crippen LogP contribution in [0.4, 0.5) is 0 Å². The Morgan fingerprint density at radius 3 is 1.08 bits per heavy atom. The monoisotopic (exact) mass is 978 g/mol. The van der Waals surface area contributed by atoms with Gasteiger partial charge < -0.3 is 13.6 Å². The van der Waals surface area contributed by atoms with Crippen LogP contribution >= 0.6 is 61.6 Å². The quantitative estimate of drug-likeness (QED) is 0.0252. The van der Waals surface area contributed by atoms with Crippen molar-refractivity contribution in [2.24, 2.45) is 0 Å². The molecule has 0 amide bonds. The highest BCUT2D eigenvalue weighted by Gasteiger charge is 2.24. The van der Waals surface area contributed by atoms with E-state index in [1.807, 2.05) is 71.3 Å². The zero-order chi connectivity index (χ0) is 44.8. The van der Waals surface area contributed by atoms with Crippen molar-refractivity contribution in [2.45, 2.75) is 233 Å². The van der Waals surface area contributed by atoms with Crippen molar-refractivity contribution in [1.29, 1.82) is 0 Å². The van der Waals surface area contributed by atoms with Gasteiger partial charge in [-0.2, -0.15) is 0 Å². The Hall–Kier alpha value is -0.890. The zero-order valence-corrected chi connectivity index (χ0v) is 45.0. The molecule has 4 aromatic rings. The summed E-state index contributed by atoms with van der Waals surface area (Å²) >= 11 is 7.60. The van der Waals surface area contributed by atoms with E-state index < -0.39 is 7.60 Å². The SMILES string of the molecule is CCCCCCCCCCCCCCCCCc1c(/C=C/OP=O)sc2c1sc1c3sc(/C=C/P(=O)(OCC)OCC)c(CCCCCCCCCCCCCCCCC)c3sc21. The highest BCUT2D eigenvalue weighted by molar-refractivity contribution is 7.57. The summed E-state index contributed by atoms with van der Waals surface area (Å²) in [7, 11) is -3.63. The van der Waals surface area contributed by atoms with E-state index in [1.165, 1.54) is 235 Å². The van der Waals surface area contributed by atoms with Crippen molar-refractivity contribution >= 4 is 102 Å². The van der Waals surface area contributed by atoms with Crippen LogP contribution in [0.5, 0.6) is 0 Å². The normalized spacial score (nSPS) is 12.6. The van der Waals surface area contributed by atoms with Gasteiger partial charge in [0.05, 0.1) is 47.7 Å². The topological polar surface area (TPSA) is 61.8 Å². The van der Waals surface area contributed by atoms with Gasteiger partial charge in [-0.25, -0.2) is 4.57 Å². The molecule has 356 valence electrons. The smallest absolute Gasteiger partial charge is 0.395 e. The third-order valence-corrected chi connectivity index (χ3v) is 20.0. The molecular weight excluding hydrogens is 895 g/mol.